The molecular weight excluding hydrogens is 1990 g/mol. The Hall–Kier alpha value is -11.9. The summed E-state index contributed by atoms with van der Waals surface area (Å²) in [5.74, 6) is 0.785. The highest BCUT2D eigenvalue weighted by atomic mass is 79.9. The molecule has 16 aromatic rings. The van der Waals surface area contributed by atoms with Crippen molar-refractivity contribution in [1.29, 1.82) is 0 Å². The predicted octanol–water partition coefficient (Wildman–Crippen LogP) is 28.3. The molecular formula is C108H99Br2Cl6FN10O10. The number of aromatic amines is 5. The average Bonchev–Trinajstić information content (AvgIpc) is 1.62. The van der Waals surface area contributed by atoms with E-state index in [4.69, 9.17) is 93.3 Å². The van der Waals surface area contributed by atoms with E-state index in [0.29, 0.717) is 84.6 Å². The smallest absolute Gasteiger partial charge is 0.410 e. The van der Waals surface area contributed by atoms with Gasteiger partial charge in [0.15, 0.2) is 0 Å². The summed E-state index contributed by atoms with van der Waals surface area (Å²) in [6, 6.07) is 78.4. The van der Waals surface area contributed by atoms with Gasteiger partial charge in [0.1, 0.15) is 48.9 Å². The monoisotopic (exact) mass is 2080 g/mol. The lowest BCUT2D eigenvalue weighted by atomic mass is 9.92. The van der Waals surface area contributed by atoms with E-state index < -0.39 is 12.1 Å². The third-order valence-electron chi connectivity index (χ3n) is 25.2. The van der Waals surface area contributed by atoms with Crippen LogP contribution in [0.3, 0.4) is 0 Å². The largest absolute Gasteiger partial charge is 0.489 e. The van der Waals surface area contributed by atoms with Gasteiger partial charge in [-0.1, -0.05) is 212 Å². The number of fused-ring (bicyclic) bond motifs is 15. The summed E-state index contributed by atoms with van der Waals surface area (Å²) in [4.78, 5) is 89.5. The number of aromatic nitrogens is 5. The van der Waals surface area contributed by atoms with Gasteiger partial charge in [0, 0.05) is 162 Å². The van der Waals surface area contributed by atoms with Crippen molar-refractivity contribution in [2.45, 2.75) is 116 Å². The van der Waals surface area contributed by atoms with Gasteiger partial charge < -0.3 is 53.5 Å². The lowest BCUT2D eigenvalue weighted by molar-refractivity contribution is -0.130. The maximum Gasteiger partial charge on any atom is 0.410 e. The molecule has 5 aromatic heterocycles. The second kappa shape index (κ2) is 43.4. The van der Waals surface area contributed by atoms with E-state index in [1.807, 2.05) is 250 Å². The number of hydrogen-bond donors (Lipinski definition) is 5. The van der Waals surface area contributed by atoms with Crippen molar-refractivity contribution in [1.82, 2.24) is 49.4 Å². The quantitative estimate of drug-likeness (QED) is 0.0511. The topological polar surface area (TPSA) is 227 Å². The summed E-state index contributed by atoms with van der Waals surface area (Å²) in [5.41, 5.74) is 21.7. The van der Waals surface area contributed by atoms with Gasteiger partial charge in [0.2, 0.25) is 5.91 Å². The Morgan fingerprint density at radius 3 is 1.21 bits per heavy atom. The number of hydrogen-bond acceptors (Lipinski definition) is 10. The van der Waals surface area contributed by atoms with Crippen LogP contribution in [0.25, 0.3) is 54.5 Å². The van der Waals surface area contributed by atoms with Gasteiger partial charge in [-0.2, -0.15) is 0 Å². The van der Waals surface area contributed by atoms with Gasteiger partial charge in [-0.15, -0.1) is 11.6 Å². The van der Waals surface area contributed by atoms with E-state index in [-0.39, 0.29) is 72.8 Å². The Bertz CT molecular complexity index is 7120. The van der Waals surface area contributed by atoms with Crippen molar-refractivity contribution in [3.63, 3.8) is 0 Å². The Morgan fingerprint density at radius 1 is 0.387 bits per heavy atom. The molecule has 0 radical (unpaired) electrons. The summed E-state index contributed by atoms with van der Waals surface area (Å²) in [6.45, 7) is 13.4. The molecule has 0 bridgehead atoms. The highest BCUT2D eigenvalue weighted by Gasteiger charge is 2.42. The minimum Gasteiger partial charge on any atom is -0.489 e. The van der Waals surface area contributed by atoms with Gasteiger partial charge in [-0.05, 0) is 248 Å². The Labute approximate surface area is 839 Å². The van der Waals surface area contributed by atoms with Crippen LogP contribution in [0.5, 0.6) is 5.75 Å². The number of carbonyl (C=O) groups is 5. The van der Waals surface area contributed by atoms with Crippen molar-refractivity contribution < 1.29 is 52.0 Å². The molecule has 5 atom stereocenters. The van der Waals surface area contributed by atoms with Crippen molar-refractivity contribution in [2.75, 3.05) is 58.4 Å². The minimum absolute atomic E-state index is 0.0745. The van der Waals surface area contributed by atoms with Crippen LogP contribution in [0, 0.1) is 5.82 Å². The lowest BCUT2D eigenvalue weighted by Crippen LogP contribution is -2.41. The molecule has 10 heterocycles. The standard InChI is InChI=1S/C27H25ClN2O3.C21H20ClFN2O2.C21H21ClN2O2.C20H17BrCl2N2O2.C19H16BrClN2O/c1-2-32-27(31)30-15-14-22-23-16-20(28)10-13-24(23)29-25(22)26(30)19-8-11-21(12-9-19)33-17-18-6-4-3-5-7-18;1-2-11-27-21(26)25-10-9-14-16-12-13(22)7-8-18(16)24-19(14)20(25)15-5-3-4-6-17(15)23;1-13(2)26-21(25)24-11-10-16-17-12-15(22)8-9-18(17)23-19(16)20(24)14-6-4-3-5-7-14;21-13-3-1-2-12(10-13)19-18-15(6-8-25(19)20(26)27-9-7-22)16-11-14(23)4-5-17(16)24-18;1-11(24)23-8-7-15-16-10-13(20)5-6-17(16)22-18(15)19(23)12-3-2-4-14(21)9-12/h3-13,16,26,29H,2,14-15,17H2,1H3;3-8,12,20,24H,2,9-11H2,1H3;3-9,12-13,20,23H,10-11H2,1-2H3;1-5,10-11,19,24H,6-9H2;2-6,9-10,19,22H,7-8H2,1H3. The van der Waals surface area contributed by atoms with Crippen LogP contribution in [0.1, 0.15) is 161 Å². The molecule has 0 saturated heterocycles. The average molecular weight is 2090 g/mol. The van der Waals surface area contributed by atoms with Crippen LogP contribution in [0.4, 0.5) is 23.6 Å². The van der Waals surface area contributed by atoms with E-state index in [0.717, 1.165) is 163 Å². The summed E-state index contributed by atoms with van der Waals surface area (Å²) in [7, 11) is 0. The second-order valence-corrected chi connectivity index (χ2v) is 38.6. The van der Waals surface area contributed by atoms with Crippen LogP contribution in [-0.4, -0.2) is 144 Å². The normalized spacial score (nSPS) is 16.3. The number of ether oxygens (including phenoxy) is 5. The van der Waals surface area contributed by atoms with Crippen LogP contribution in [-0.2, 0) is 62.5 Å². The summed E-state index contributed by atoms with van der Waals surface area (Å²) >= 11 is 43.8. The number of benzene rings is 11. The number of alkyl halides is 1. The number of carbonyl (C=O) groups excluding carboxylic acids is 5. The molecule has 0 spiro atoms. The van der Waals surface area contributed by atoms with Crippen molar-refractivity contribution in [3.8, 4) is 5.75 Å². The molecule has 21 rings (SSSR count). The van der Waals surface area contributed by atoms with Crippen LogP contribution < -0.4 is 4.74 Å². The third kappa shape index (κ3) is 21.2. The zero-order valence-electron chi connectivity index (χ0n) is 75.7. The van der Waals surface area contributed by atoms with E-state index in [2.05, 4.69) is 68.9 Å². The number of nitrogens with zero attached hydrogens (tertiary/aromatic N) is 5. The molecule has 20 nitrogen and oxygen atoms in total. The van der Waals surface area contributed by atoms with Gasteiger partial charge in [0.05, 0.1) is 31.2 Å². The number of amides is 5. The van der Waals surface area contributed by atoms with Gasteiger partial charge in [0.25, 0.3) is 0 Å². The number of nitrogens with one attached hydrogen (secondary N) is 5. The highest BCUT2D eigenvalue weighted by molar-refractivity contribution is 9.10. The van der Waals surface area contributed by atoms with Crippen molar-refractivity contribution in [2.24, 2.45) is 0 Å². The van der Waals surface area contributed by atoms with Gasteiger partial charge in [-0.25, -0.2) is 23.6 Å². The second-order valence-electron chi connectivity index (χ2n) is 34.2. The number of rotatable bonds is 14. The third-order valence-corrected chi connectivity index (χ3v) is 27.5. The molecule has 0 fully saturated rings. The summed E-state index contributed by atoms with van der Waals surface area (Å²) in [6.07, 6.45) is 2.96. The van der Waals surface area contributed by atoms with E-state index in [1.54, 1.807) is 39.8 Å². The molecule has 5 unspecified atom stereocenters. The summed E-state index contributed by atoms with van der Waals surface area (Å²) < 4.78 is 44.2. The zero-order valence-corrected chi connectivity index (χ0v) is 83.4. The summed E-state index contributed by atoms with van der Waals surface area (Å²) in [5, 5.41) is 9.02. The molecule has 5 amide bonds. The van der Waals surface area contributed by atoms with Crippen molar-refractivity contribution >= 4 is 186 Å². The van der Waals surface area contributed by atoms with Crippen LogP contribution >= 0.6 is 101 Å². The van der Waals surface area contributed by atoms with E-state index >= 15 is 0 Å². The number of halogens is 9. The molecule has 0 aliphatic carbocycles. The SMILES string of the molecule is CC(=O)N1CCc2c([nH]c3ccc(Br)cc23)C1c1cccc(Cl)c1.CC(C)OC(=O)N1CCc2c([nH]c3ccc(Cl)cc23)C1c1ccccc1.CCCOC(=O)N1CCc2c([nH]c3ccc(Cl)cc23)C1c1ccccc1F.CCOC(=O)N1CCc2c([nH]c3ccc(Cl)cc23)C1c1ccc(OCc2ccccc2)cc1.O=C(OCCCl)N1CCc2c([nH]c3ccc(Cl)cc23)C1c1cccc(Br)c1. The first-order valence-corrected chi connectivity index (χ1v) is 49.6. The fourth-order valence-corrected chi connectivity index (χ4v) is 21.0. The molecule has 5 N–H and O–H groups in total. The fraction of sp³-hybridized carbons (Fsp3) is 0.250. The lowest BCUT2D eigenvalue weighted by Gasteiger charge is -2.35. The van der Waals surface area contributed by atoms with Gasteiger partial charge in [-0.3, -0.25) is 24.4 Å². The molecule has 11 aromatic carbocycles. The molecule has 0 saturated carbocycles. The predicted molar refractivity (Wildman–Crippen MR) is 549 cm³/mol. The minimum atomic E-state index is -0.564. The number of H-pyrrole nitrogens is 5. The first-order valence-electron chi connectivity index (χ1n) is 45.6. The molecule has 5 aliphatic heterocycles. The molecule has 704 valence electrons. The first kappa shape index (κ1) is 96.8. The van der Waals surface area contributed by atoms with Crippen molar-refractivity contribution in [3.05, 3.63) is 378 Å². The zero-order chi connectivity index (χ0) is 95.8. The molecule has 137 heavy (non-hydrogen) atoms. The highest BCUT2D eigenvalue weighted by Crippen LogP contribution is 2.47. The van der Waals surface area contributed by atoms with Crippen LogP contribution in [0.2, 0.25) is 25.1 Å². The van der Waals surface area contributed by atoms with Gasteiger partial charge >= 0.3 is 24.4 Å². The fourth-order valence-electron chi connectivity index (χ4n) is 19.3. The first-order chi connectivity index (χ1) is 66.4. The Kier molecular flexibility index (Phi) is 30.7. The molecule has 29 heteroatoms. The van der Waals surface area contributed by atoms with Crippen LogP contribution in [0.15, 0.2) is 258 Å². The Morgan fingerprint density at radius 2 is 0.759 bits per heavy atom. The molecule has 5 aliphatic rings. The maximum atomic E-state index is 14.7. The maximum absolute atomic E-state index is 14.7. The Balaban J connectivity index is 0.000000119. The van der Waals surface area contributed by atoms with E-state index in [1.165, 1.54) is 33.7 Å². The van der Waals surface area contributed by atoms with E-state index in [9.17, 15) is 28.4 Å².